The molecule has 2 fully saturated rings. The van der Waals surface area contributed by atoms with Crippen LogP contribution >= 0.6 is 0 Å². The second-order valence-electron chi connectivity index (χ2n) is 9.85. The molecule has 176 valence electrons. The van der Waals surface area contributed by atoms with E-state index < -0.39 is 0 Å². The van der Waals surface area contributed by atoms with Gasteiger partial charge in [0.1, 0.15) is 5.75 Å². The molecule has 2 saturated heterocycles. The number of benzene rings is 1. The van der Waals surface area contributed by atoms with Gasteiger partial charge in [-0.3, -0.25) is 4.90 Å². The molecule has 2 aromatic rings. The number of aromatic amines is 1. The molecule has 0 amide bonds. The Balaban J connectivity index is 1.09. The summed E-state index contributed by atoms with van der Waals surface area (Å²) in [6.07, 6.45) is 11.1. The van der Waals surface area contributed by atoms with E-state index in [0.717, 1.165) is 44.2 Å². The predicted molar refractivity (Wildman–Crippen MR) is 130 cm³/mol. The zero-order valence-electron chi connectivity index (χ0n) is 20.0. The number of imidazole rings is 1. The van der Waals surface area contributed by atoms with E-state index in [-0.39, 0.29) is 0 Å². The van der Waals surface area contributed by atoms with Crippen LogP contribution in [0.25, 0.3) is 0 Å². The lowest BCUT2D eigenvalue weighted by atomic mass is 9.92. The topological polar surface area (TPSA) is 47.6 Å². The van der Waals surface area contributed by atoms with Crippen LogP contribution in [0.5, 0.6) is 5.75 Å². The highest BCUT2D eigenvalue weighted by atomic mass is 16.5. The molecule has 1 aromatic carbocycles. The minimum Gasteiger partial charge on any atom is -0.494 e. The van der Waals surface area contributed by atoms with Gasteiger partial charge in [0.15, 0.2) is 0 Å². The van der Waals surface area contributed by atoms with Crippen LogP contribution in [0.2, 0.25) is 0 Å². The molecule has 1 aromatic heterocycles. The van der Waals surface area contributed by atoms with Gasteiger partial charge in [0.05, 0.1) is 18.6 Å². The molecule has 0 spiro atoms. The summed E-state index contributed by atoms with van der Waals surface area (Å²) in [6.45, 7) is 7.78. The van der Waals surface area contributed by atoms with Crippen molar-refractivity contribution in [2.45, 2.75) is 51.1 Å². The summed E-state index contributed by atoms with van der Waals surface area (Å²) in [4.78, 5) is 15.0. The van der Waals surface area contributed by atoms with Gasteiger partial charge in [0, 0.05) is 25.3 Å². The number of piperidine rings is 2. The van der Waals surface area contributed by atoms with E-state index in [2.05, 4.69) is 63.0 Å². The van der Waals surface area contributed by atoms with E-state index >= 15 is 0 Å². The van der Waals surface area contributed by atoms with Crippen LogP contribution in [-0.2, 0) is 13.0 Å². The first-order valence-corrected chi connectivity index (χ1v) is 12.5. The molecule has 0 saturated carbocycles. The molecule has 0 bridgehead atoms. The number of aromatic nitrogens is 2. The molecule has 2 aliphatic heterocycles. The molecule has 6 nitrogen and oxygen atoms in total. The van der Waals surface area contributed by atoms with Gasteiger partial charge < -0.3 is 19.5 Å². The SMILES string of the molecule is CN1CCC(N(C)Cc2ccc(OCCCN3CCC(Cc4c[nH]cn4)CC3)cc2)CC1. The van der Waals surface area contributed by atoms with Gasteiger partial charge in [-0.25, -0.2) is 4.98 Å². The van der Waals surface area contributed by atoms with Crippen LogP contribution < -0.4 is 4.74 Å². The van der Waals surface area contributed by atoms with E-state index in [1.165, 1.54) is 63.1 Å². The third-order valence-electron chi connectivity index (χ3n) is 7.31. The second-order valence-corrected chi connectivity index (χ2v) is 9.85. The van der Waals surface area contributed by atoms with Crippen LogP contribution in [0.4, 0.5) is 0 Å². The van der Waals surface area contributed by atoms with E-state index in [4.69, 9.17) is 4.74 Å². The molecule has 0 unspecified atom stereocenters. The number of nitrogens with one attached hydrogen (secondary N) is 1. The first kappa shape index (κ1) is 23.3. The first-order chi connectivity index (χ1) is 15.7. The number of nitrogens with zero attached hydrogens (tertiary/aromatic N) is 4. The molecule has 1 N–H and O–H groups in total. The standard InChI is InChI=1S/C26H41N5O/c1-29-13-10-25(11-14-29)30(2)20-23-4-6-26(7-5-23)32-17-3-12-31-15-8-22(9-16-31)18-24-19-27-21-28-24/h4-7,19,21-22,25H,3,8-18,20H2,1-2H3,(H,27,28). The van der Waals surface area contributed by atoms with Crippen molar-refractivity contribution < 1.29 is 4.74 Å². The smallest absolute Gasteiger partial charge is 0.119 e. The minimum absolute atomic E-state index is 0.706. The van der Waals surface area contributed by atoms with Crippen LogP contribution in [-0.4, -0.2) is 84.1 Å². The van der Waals surface area contributed by atoms with Gasteiger partial charge in [-0.05, 0) is 102 Å². The van der Waals surface area contributed by atoms with Crippen molar-refractivity contribution in [3.63, 3.8) is 0 Å². The Hall–Kier alpha value is -1.89. The number of likely N-dealkylation sites (tertiary alicyclic amines) is 2. The average Bonchev–Trinajstić information content (AvgIpc) is 3.32. The highest BCUT2D eigenvalue weighted by molar-refractivity contribution is 5.27. The maximum atomic E-state index is 6.02. The average molecular weight is 440 g/mol. The van der Waals surface area contributed by atoms with E-state index in [9.17, 15) is 0 Å². The van der Waals surface area contributed by atoms with Crippen molar-refractivity contribution >= 4 is 0 Å². The Bertz CT molecular complexity index is 762. The summed E-state index contributed by atoms with van der Waals surface area (Å²) in [5, 5.41) is 0. The lowest BCUT2D eigenvalue weighted by Gasteiger charge is -2.35. The largest absolute Gasteiger partial charge is 0.494 e. The molecule has 0 aliphatic carbocycles. The highest BCUT2D eigenvalue weighted by Crippen LogP contribution is 2.21. The van der Waals surface area contributed by atoms with Gasteiger partial charge in [-0.1, -0.05) is 12.1 Å². The zero-order chi connectivity index (χ0) is 22.2. The van der Waals surface area contributed by atoms with E-state index in [0.29, 0.717) is 6.04 Å². The zero-order valence-corrected chi connectivity index (χ0v) is 20.0. The number of hydrogen-bond acceptors (Lipinski definition) is 5. The summed E-state index contributed by atoms with van der Waals surface area (Å²) < 4.78 is 6.02. The normalized spacial score (nSPS) is 19.6. The van der Waals surface area contributed by atoms with Gasteiger partial charge >= 0.3 is 0 Å². The molecule has 0 radical (unpaired) electrons. The van der Waals surface area contributed by atoms with Crippen LogP contribution in [0, 0.1) is 5.92 Å². The minimum atomic E-state index is 0.706. The van der Waals surface area contributed by atoms with Crippen molar-refractivity contribution in [2.24, 2.45) is 5.92 Å². The van der Waals surface area contributed by atoms with Crippen molar-refractivity contribution in [3.05, 3.63) is 48.0 Å². The Morgan fingerprint density at radius 2 is 1.81 bits per heavy atom. The molecule has 3 heterocycles. The fraction of sp³-hybridized carbons (Fsp3) is 0.654. The lowest BCUT2D eigenvalue weighted by Crippen LogP contribution is -2.41. The molecular formula is C26H41N5O. The van der Waals surface area contributed by atoms with Gasteiger partial charge in [0.2, 0.25) is 0 Å². The summed E-state index contributed by atoms with van der Waals surface area (Å²) in [6, 6.07) is 9.43. The molecule has 6 heteroatoms. The van der Waals surface area contributed by atoms with Crippen LogP contribution in [0.15, 0.2) is 36.8 Å². The second kappa shape index (κ2) is 11.8. The Labute approximate surface area is 194 Å². The fourth-order valence-electron chi connectivity index (χ4n) is 5.13. The van der Waals surface area contributed by atoms with Gasteiger partial charge in [-0.15, -0.1) is 0 Å². The van der Waals surface area contributed by atoms with Crippen molar-refractivity contribution in [3.8, 4) is 5.75 Å². The van der Waals surface area contributed by atoms with E-state index in [1.54, 1.807) is 6.33 Å². The summed E-state index contributed by atoms with van der Waals surface area (Å²) >= 11 is 0. The highest BCUT2D eigenvalue weighted by Gasteiger charge is 2.21. The maximum absolute atomic E-state index is 6.02. The number of hydrogen-bond donors (Lipinski definition) is 1. The Kier molecular flexibility index (Phi) is 8.60. The number of ether oxygens (including phenoxy) is 1. The summed E-state index contributed by atoms with van der Waals surface area (Å²) in [7, 11) is 4.49. The molecular weight excluding hydrogens is 398 g/mol. The molecule has 4 rings (SSSR count). The van der Waals surface area contributed by atoms with Gasteiger partial charge in [-0.2, -0.15) is 0 Å². The molecule has 2 aliphatic rings. The quantitative estimate of drug-likeness (QED) is 0.573. The fourth-order valence-corrected chi connectivity index (χ4v) is 5.13. The monoisotopic (exact) mass is 439 g/mol. The predicted octanol–water partition coefficient (Wildman–Crippen LogP) is 3.66. The van der Waals surface area contributed by atoms with E-state index in [1.807, 2.05) is 6.20 Å². The third kappa shape index (κ3) is 7.06. The maximum Gasteiger partial charge on any atom is 0.119 e. The third-order valence-corrected chi connectivity index (χ3v) is 7.31. The van der Waals surface area contributed by atoms with Gasteiger partial charge in [0.25, 0.3) is 0 Å². The summed E-state index contributed by atoms with van der Waals surface area (Å²) in [5.41, 5.74) is 2.58. The number of H-pyrrole nitrogens is 1. The van der Waals surface area contributed by atoms with Crippen molar-refractivity contribution in [1.82, 2.24) is 24.7 Å². The van der Waals surface area contributed by atoms with Crippen molar-refractivity contribution in [2.75, 3.05) is 53.4 Å². The number of rotatable bonds is 10. The lowest BCUT2D eigenvalue weighted by molar-refractivity contribution is 0.139. The van der Waals surface area contributed by atoms with Crippen LogP contribution in [0.1, 0.15) is 43.4 Å². The Morgan fingerprint density at radius 3 is 2.50 bits per heavy atom. The molecule has 0 atom stereocenters. The molecule has 32 heavy (non-hydrogen) atoms. The first-order valence-electron chi connectivity index (χ1n) is 12.5. The van der Waals surface area contributed by atoms with Crippen LogP contribution in [0.3, 0.4) is 0 Å². The summed E-state index contributed by atoms with van der Waals surface area (Å²) in [5.74, 6) is 1.77. The van der Waals surface area contributed by atoms with Crippen molar-refractivity contribution in [1.29, 1.82) is 0 Å². The Morgan fingerprint density at radius 1 is 1.06 bits per heavy atom.